The van der Waals surface area contributed by atoms with E-state index in [1.54, 1.807) is 12.1 Å². The molecule has 1 saturated heterocycles. The summed E-state index contributed by atoms with van der Waals surface area (Å²) in [4.78, 5) is 23.4. The van der Waals surface area contributed by atoms with Crippen molar-refractivity contribution in [2.24, 2.45) is 11.7 Å². The van der Waals surface area contributed by atoms with Crippen LogP contribution >= 0.6 is 0 Å². The molecule has 0 bridgehead atoms. The molecule has 18 heavy (non-hydrogen) atoms. The number of nitro benzene ring substituents is 1. The topological polar surface area (TPSA) is 89.5 Å². The van der Waals surface area contributed by atoms with Gasteiger partial charge in [-0.05, 0) is 18.9 Å². The summed E-state index contributed by atoms with van der Waals surface area (Å²) in [6.07, 6.45) is 1.41. The van der Waals surface area contributed by atoms with E-state index >= 15 is 0 Å². The fraction of sp³-hybridized carbons (Fsp3) is 0.417. The number of benzene rings is 1. The zero-order valence-corrected chi connectivity index (χ0v) is 9.91. The molecule has 0 aromatic heterocycles. The van der Waals surface area contributed by atoms with Gasteiger partial charge in [-0.25, -0.2) is 0 Å². The van der Waals surface area contributed by atoms with Crippen LogP contribution in [0.25, 0.3) is 0 Å². The first kappa shape index (κ1) is 12.3. The number of carbonyl (C=O) groups excluding carboxylic acids is 1. The third kappa shape index (κ3) is 2.58. The van der Waals surface area contributed by atoms with Crippen LogP contribution in [0, 0.1) is 16.0 Å². The van der Waals surface area contributed by atoms with E-state index in [1.807, 2.05) is 11.0 Å². The van der Waals surface area contributed by atoms with Gasteiger partial charge < -0.3 is 10.6 Å². The van der Waals surface area contributed by atoms with Gasteiger partial charge in [-0.2, -0.15) is 0 Å². The predicted molar refractivity (Wildman–Crippen MR) is 67.2 cm³/mol. The smallest absolute Gasteiger partial charge is 0.271 e. The lowest BCUT2D eigenvalue weighted by Gasteiger charge is -2.32. The number of non-ortho nitro benzene ring substituents is 1. The Bertz CT molecular complexity index is 467. The summed E-state index contributed by atoms with van der Waals surface area (Å²) in [7, 11) is 0. The molecule has 96 valence electrons. The molecule has 0 aliphatic carbocycles. The third-order valence-corrected chi connectivity index (χ3v) is 3.30. The number of carbonyl (C=O) groups is 1. The zero-order valence-electron chi connectivity index (χ0n) is 9.91. The van der Waals surface area contributed by atoms with Crippen molar-refractivity contribution in [2.75, 3.05) is 18.0 Å². The van der Waals surface area contributed by atoms with Gasteiger partial charge in [0.2, 0.25) is 5.91 Å². The van der Waals surface area contributed by atoms with E-state index < -0.39 is 4.92 Å². The number of primary amides is 1. The fourth-order valence-corrected chi connectivity index (χ4v) is 2.23. The molecular weight excluding hydrogens is 234 g/mol. The van der Waals surface area contributed by atoms with E-state index in [4.69, 9.17) is 5.73 Å². The standard InChI is InChI=1S/C12H15N3O3/c13-12(16)9-4-6-14(7-5-9)10-2-1-3-11(8-10)15(17)18/h1-3,8-9H,4-7H2,(H2,13,16). The first-order valence-corrected chi connectivity index (χ1v) is 5.86. The molecule has 2 N–H and O–H groups in total. The van der Waals surface area contributed by atoms with Gasteiger partial charge in [0, 0.05) is 36.8 Å². The van der Waals surface area contributed by atoms with E-state index in [1.165, 1.54) is 6.07 Å². The Hall–Kier alpha value is -2.11. The Morgan fingerprint density at radius 3 is 2.61 bits per heavy atom. The molecule has 0 atom stereocenters. The fourth-order valence-electron chi connectivity index (χ4n) is 2.23. The lowest BCUT2D eigenvalue weighted by atomic mass is 9.96. The third-order valence-electron chi connectivity index (χ3n) is 3.30. The van der Waals surface area contributed by atoms with Crippen molar-refractivity contribution in [3.8, 4) is 0 Å². The van der Waals surface area contributed by atoms with E-state index in [0.29, 0.717) is 25.9 Å². The summed E-state index contributed by atoms with van der Waals surface area (Å²) >= 11 is 0. The van der Waals surface area contributed by atoms with Crippen LogP contribution in [-0.4, -0.2) is 23.9 Å². The molecule has 1 fully saturated rings. The number of anilines is 1. The number of amides is 1. The molecule has 0 spiro atoms. The highest BCUT2D eigenvalue weighted by Crippen LogP contribution is 2.25. The maximum absolute atomic E-state index is 11.1. The van der Waals surface area contributed by atoms with Crippen LogP contribution in [0.1, 0.15) is 12.8 Å². The minimum Gasteiger partial charge on any atom is -0.371 e. The second kappa shape index (κ2) is 5.03. The van der Waals surface area contributed by atoms with E-state index in [0.717, 1.165) is 5.69 Å². The van der Waals surface area contributed by atoms with E-state index in [2.05, 4.69) is 0 Å². The minimum absolute atomic E-state index is 0.0695. The molecule has 2 rings (SSSR count). The van der Waals surface area contributed by atoms with Gasteiger partial charge >= 0.3 is 0 Å². The Morgan fingerprint density at radius 2 is 2.06 bits per heavy atom. The predicted octanol–water partition coefficient (Wildman–Crippen LogP) is 1.30. The van der Waals surface area contributed by atoms with Gasteiger partial charge in [0.25, 0.3) is 5.69 Å². The molecule has 1 aromatic rings. The van der Waals surface area contributed by atoms with Crippen LogP contribution in [0.4, 0.5) is 11.4 Å². The highest BCUT2D eigenvalue weighted by atomic mass is 16.6. The summed E-state index contributed by atoms with van der Waals surface area (Å²) in [5.74, 6) is -0.325. The van der Waals surface area contributed by atoms with Crippen molar-refractivity contribution in [1.29, 1.82) is 0 Å². The number of hydrogen-bond donors (Lipinski definition) is 1. The van der Waals surface area contributed by atoms with Crippen molar-refractivity contribution >= 4 is 17.3 Å². The first-order chi connectivity index (χ1) is 8.58. The summed E-state index contributed by atoms with van der Waals surface area (Å²) in [5, 5.41) is 10.7. The number of nitrogens with two attached hydrogens (primary N) is 1. The van der Waals surface area contributed by atoms with Crippen LogP contribution in [0.3, 0.4) is 0 Å². The van der Waals surface area contributed by atoms with Gasteiger partial charge in [-0.15, -0.1) is 0 Å². The average molecular weight is 249 g/mol. The van der Waals surface area contributed by atoms with E-state index in [9.17, 15) is 14.9 Å². The molecule has 6 nitrogen and oxygen atoms in total. The molecule has 1 amide bonds. The highest BCUT2D eigenvalue weighted by molar-refractivity contribution is 5.77. The second-order valence-electron chi connectivity index (χ2n) is 4.44. The van der Waals surface area contributed by atoms with Crippen LogP contribution in [0.15, 0.2) is 24.3 Å². The Morgan fingerprint density at radius 1 is 1.39 bits per heavy atom. The molecule has 6 heteroatoms. The van der Waals surface area contributed by atoms with Crippen LogP contribution in [0.5, 0.6) is 0 Å². The second-order valence-corrected chi connectivity index (χ2v) is 4.44. The molecule has 1 heterocycles. The van der Waals surface area contributed by atoms with Crippen molar-refractivity contribution < 1.29 is 9.72 Å². The first-order valence-electron chi connectivity index (χ1n) is 5.86. The number of nitro groups is 1. The van der Waals surface area contributed by atoms with Gasteiger partial charge in [-0.3, -0.25) is 14.9 Å². The van der Waals surface area contributed by atoms with Gasteiger partial charge in [-0.1, -0.05) is 6.07 Å². The average Bonchev–Trinajstić information content (AvgIpc) is 2.39. The highest BCUT2D eigenvalue weighted by Gasteiger charge is 2.23. The molecular formula is C12H15N3O3. The van der Waals surface area contributed by atoms with Crippen molar-refractivity contribution in [1.82, 2.24) is 0 Å². The number of hydrogen-bond acceptors (Lipinski definition) is 4. The zero-order chi connectivity index (χ0) is 13.1. The maximum Gasteiger partial charge on any atom is 0.271 e. The van der Waals surface area contributed by atoms with Crippen LogP contribution in [-0.2, 0) is 4.79 Å². The quantitative estimate of drug-likeness (QED) is 0.645. The van der Waals surface area contributed by atoms with Gasteiger partial charge in [0.1, 0.15) is 0 Å². The van der Waals surface area contributed by atoms with E-state index in [-0.39, 0.29) is 17.5 Å². The van der Waals surface area contributed by atoms with Crippen molar-refractivity contribution in [3.05, 3.63) is 34.4 Å². The largest absolute Gasteiger partial charge is 0.371 e. The Balaban J connectivity index is 2.07. The lowest BCUT2D eigenvalue weighted by molar-refractivity contribution is -0.384. The van der Waals surface area contributed by atoms with Crippen molar-refractivity contribution in [3.63, 3.8) is 0 Å². The SMILES string of the molecule is NC(=O)C1CCN(c2cccc([N+](=O)[O-])c2)CC1. The monoisotopic (exact) mass is 249 g/mol. The minimum atomic E-state index is -0.403. The summed E-state index contributed by atoms with van der Waals surface area (Å²) in [6, 6.07) is 6.55. The number of rotatable bonds is 3. The molecule has 1 aliphatic heterocycles. The van der Waals surface area contributed by atoms with Crippen LogP contribution in [0.2, 0.25) is 0 Å². The Labute approximate surface area is 105 Å². The van der Waals surface area contributed by atoms with Crippen LogP contribution < -0.4 is 10.6 Å². The summed E-state index contributed by atoms with van der Waals surface area (Å²) in [6.45, 7) is 1.41. The molecule has 0 unspecified atom stereocenters. The summed E-state index contributed by atoms with van der Waals surface area (Å²) < 4.78 is 0. The number of piperidine rings is 1. The molecule has 0 radical (unpaired) electrons. The number of nitrogens with zero attached hydrogens (tertiary/aromatic N) is 2. The Kier molecular flexibility index (Phi) is 3.45. The molecule has 1 aliphatic rings. The lowest BCUT2D eigenvalue weighted by Crippen LogP contribution is -2.38. The van der Waals surface area contributed by atoms with Gasteiger partial charge in [0.05, 0.1) is 4.92 Å². The molecule has 1 aromatic carbocycles. The normalized spacial score (nSPS) is 16.6. The van der Waals surface area contributed by atoms with Gasteiger partial charge in [0.15, 0.2) is 0 Å². The molecule has 0 saturated carbocycles. The van der Waals surface area contributed by atoms with Crippen molar-refractivity contribution in [2.45, 2.75) is 12.8 Å². The summed E-state index contributed by atoms with van der Waals surface area (Å²) in [5.41, 5.74) is 6.18. The maximum atomic E-state index is 11.1.